The molecule has 20 heavy (non-hydrogen) atoms. The van der Waals surface area contributed by atoms with E-state index < -0.39 is 0 Å². The summed E-state index contributed by atoms with van der Waals surface area (Å²) >= 11 is 0. The van der Waals surface area contributed by atoms with Gasteiger partial charge in [-0.1, -0.05) is 43.3 Å². The molecule has 1 aliphatic rings. The molecule has 2 heteroatoms. The molecule has 104 valence electrons. The highest BCUT2D eigenvalue weighted by Gasteiger charge is 2.26. The van der Waals surface area contributed by atoms with Crippen molar-refractivity contribution in [3.05, 3.63) is 65.2 Å². The predicted molar refractivity (Wildman–Crippen MR) is 82.0 cm³/mol. The fraction of sp³-hybridized carbons (Fsp3) is 0.333. The molecule has 0 saturated carbocycles. The molecule has 0 fully saturated rings. The van der Waals surface area contributed by atoms with Gasteiger partial charge in [-0.2, -0.15) is 0 Å². The minimum atomic E-state index is 0.390. The van der Waals surface area contributed by atoms with E-state index in [1.165, 1.54) is 16.7 Å². The van der Waals surface area contributed by atoms with Crippen LogP contribution in [0, 0.1) is 0 Å². The first-order chi connectivity index (χ1) is 9.79. The molecule has 1 aliphatic heterocycles. The van der Waals surface area contributed by atoms with Crippen molar-refractivity contribution in [3.8, 4) is 5.75 Å². The van der Waals surface area contributed by atoms with Crippen molar-refractivity contribution in [2.75, 3.05) is 6.61 Å². The first-order valence-electron chi connectivity index (χ1n) is 7.33. The van der Waals surface area contributed by atoms with Crippen LogP contribution >= 0.6 is 0 Å². The zero-order valence-electron chi connectivity index (χ0n) is 12.1. The second-order valence-electron chi connectivity index (χ2n) is 5.35. The van der Waals surface area contributed by atoms with Gasteiger partial charge in [-0.3, -0.25) is 0 Å². The predicted octanol–water partition coefficient (Wildman–Crippen LogP) is 4.03. The Labute approximate surface area is 120 Å². The first kappa shape index (κ1) is 13.2. The molecule has 0 amide bonds. The summed E-state index contributed by atoms with van der Waals surface area (Å²) in [7, 11) is 0. The van der Waals surface area contributed by atoms with E-state index >= 15 is 0 Å². The number of hydrogen-bond donors (Lipinski definition) is 1. The molecule has 2 aromatic rings. The molecular weight excluding hydrogens is 246 g/mol. The number of rotatable bonds is 3. The molecule has 0 aliphatic carbocycles. The van der Waals surface area contributed by atoms with Crippen LogP contribution in [0.5, 0.6) is 5.75 Å². The molecule has 0 saturated heterocycles. The third-order valence-corrected chi connectivity index (χ3v) is 4.09. The van der Waals surface area contributed by atoms with Crippen molar-refractivity contribution in [1.82, 2.24) is 5.32 Å². The van der Waals surface area contributed by atoms with Crippen molar-refractivity contribution < 1.29 is 4.74 Å². The lowest BCUT2D eigenvalue weighted by Gasteiger charge is -2.33. The summed E-state index contributed by atoms with van der Waals surface area (Å²) in [5, 5.41) is 3.66. The van der Waals surface area contributed by atoms with Gasteiger partial charge in [0.15, 0.2) is 0 Å². The zero-order chi connectivity index (χ0) is 13.9. The number of nitrogens with one attached hydrogen (secondary N) is 1. The summed E-state index contributed by atoms with van der Waals surface area (Å²) in [5.74, 6) is 1.44. The van der Waals surface area contributed by atoms with Crippen LogP contribution in [0.1, 0.15) is 42.5 Å². The van der Waals surface area contributed by atoms with Crippen molar-refractivity contribution >= 4 is 0 Å². The van der Waals surface area contributed by atoms with Crippen molar-refractivity contribution in [2.45, 2.75) is 32.4 Å². The van der Waals surface area contributed by atoms with E-state index in [0.717, 1.165) is 12.3 Å². The summed E-state index contributed by atoms with van der Waals surface area (Å²) in [4.78, 5) is 0. The topological polar surface area (TPSA) is 21.3 Å². The maximum absolute atomic E-state index is 5.59. The standard InChI is InChI=1S/C18H21NO/c1-3-20-16-9-10-17-13(2)18(19-12-15(17)11-16)14-7-5-4-6-8-14/h4-11,13,18-19H,3,12H2,1-2H3. The van der Waals surface area contributed by atoms with Gasteiger partial charge >= 0.3 is 0 Å². The average Bonchev–Trinajstić information content (AvgIpc) is 2.49. The molecule has 1 heterocycles. The van der Waals surface area contributed by atoms with Gasteiger partial charge in [0.1, 0.15) is 5.75 Å². The second kappa shape index (κ2) is 5.68. The van der Waals surface area contributed by atoms with E-state index in [2.05, 4.69) is 60.8 Å². The van der Waals surface area contributed by atoms with Gasteiger partial charge in [0.25, 0.3) is 0 Å². The van der Waals surface area contributed by atoms with Crippen LogP contribution in [0.4, 0.5) is 0 Å². The van der Waals surface area contributed by atoms with Gasteiger partial charge < -0.3 is 10.1 Å². The van der Waals surface area contributed by atoms with E-state index in [9.17, 15) is 0 Å². The van der Waals surface area contributed by atoms with Crippen LogP contribution in [0.25, 0.3) is 0 Å². The Hall–Kier alpha value is -1.80. The molecular formula is C18H21NO. The fourth-order valence-electron chi connectivity index (χ4n) is 3.08. The minimum absolute atomic E-state index is 0.390. The van der Waals surface area contributed by atoms with E-state index in [1.807, 2.05) is 6.92 Å². The number of hydrogen-bond acceptors (Lipinski definition) is 2. The van der Waals surface area contributed by atoms with E-state index in [0.29, 0.717) is 18.6 Å². The maximum Gasteiger partial charge on any atom is 0.119 e. The van der Waals surface area contributed by atoms with Crippen molar-refractivity contribution in [2.24, 2.45) is 0 Å². The maximum atomic E-state index is 5.59. The molecule has 3 rings (SSSR count). The minimum Gasteiger partial charge on any atom is -0.494 e. The SMILES string of the molecule is CCOc1ccc2c(c1)CNC(c1ccccc1)C2C. The Kier molecular flexibility index (Phi) is 3.75. The Morgan fingerprint density at radius 1 is 1.15 bits per heavy atom. The smallest absolute Gasteiger partial charge is 0.119 e. The number of benzene rings is 2. The molecule has 2 nitrogen and oxygen atoms in total. The lowest BCUT2D eigenvalue weighted by atomic mass is 9.83. The van der Waals surface area contributed by atoms with Crippen LogP contribution < -0.4 is 10.1 Å². The van der Waals surface area contributed by atoms with Gasteiger partial charge in [0, 0.05) is 18.5 Å². The first-order valence-corrected chi connectivity index (χ1v) is 7.33. The summed E-state index contributed by atoms with van der Waals surface area (Å²) < 4.78 is 5.59. The lowest BCUT2D eigenvalue weighted by Crippen LogP contribution is -2.31. The molecule has 0 spiro atoms. The quantitative estimate of drug-likeness (QED) is 0.906. The summed E-state index contributed by atoms with van der Waals surface area (Å²) in [6, 6.07) is 17.6. The molecule has 1 N–H and O–H groups in total. The summed E-state index contributed by atoms with van der Waals surface area (Å²) in [6.07, 6.45) is 0. The normalized spacial score (nSPS) is 21.3. The van der Waals surface area contributed by atoms with Crippen LogP contribution in [0.3, 0.4) is 0 Å². The van der Waals surface area contributed by atoms with Crippen molar-refractivity contribution in [3.63, 3.8) is 0 Å². The highest BCUT2D eigenvalue weighted by molar-refractivity contribution is 5.41. The Bertz CT molecular complexity index is 579. The van der Waals surface area contributed by atoms with Gasteiger partial charge in [0.05, 0.1) is 6.61 Å². The third kappa shape index (κ3) is 2.44. The summed E-state index contributed by atoms with van der Waals surface area (Å²) in [6.45, 7) is 5.93. The Morgan fingerprint density at radius 2 is 1.95 bits per heavy atom. The molecule has 0 bridgehead atoms. The molecule has 2 aromatic carbocycles. The van der Waals surface area contributed by atoms with Crippen LogP contribution in [0.15, 0.2) is 48.5 Å². The largest absolute Gasteiger partial charge is 0.494 e. The lowest BCUT2D eigenvalue weighted by molar-refractivity contribution is 0.338. The van der Waals surface area contributed by atoms with Crippen LogP contribution in [-0.2, 0) is 6.54 Å². The highest BCUT2D eigenvalue weighted by atomic mass is 16.5. The zero-order valence-corrected chi connectivity index (χ0v) is 12.1. The van der Waals surface area contributed by atoms with E-state index in [1.54, 1.807) is 0 Å². The van der Waals surface area contributed by atoms with E-state index in [-0.39, 0.29) is 0 Å². The fourth-order valence-corrected chi connectivity index (χ4v) is 3.08. The molecule has 0 radical (unpaired) electrons. The average molecular weight is 267 g/mol. The summed E-state index contributed by atoms with van der Waals surface area (Å²) in [5.41, 5.74) is 4.15. The van der Waals surface area contributed by atoms with Gasteiger partial charge in [-0.25, -0.2) is 0 Å². The van der Waals surface area contributed by atoms with Gasteiger partial charge in [0.2, 0.25) is 0 Å². The third-order valence-electron chi connectivity index (χ3n) is 4.09. The Morgan fingerprint density at radius 3 is 2.70 bits per heavy atom. The highest BCUT2D eigenvalue weighted by Crippen LogP contribution is 2.37. The van der Waals surface area contributed by atoms with Crippen LogP contribution in [0.2, 0.25) is 0 Å². The number of ether oxygens (including phenoxy) is 1. The molecule has 0 aromatic heterocycles. The van der Waals surface area contributed by atoms with Gasteiger partial charge in [-0.15, -0.1) is 0 Å². The van der Waals surface area contributed by atoms with Crippen LogP contribution in [-0.4, -0.2) is 6.61 Å². The molecule has 2 unspecified atom stereocenters. The second-order valence-corrected chi connectivity index (χ2v) is 5.35. The van der Waals surface area contributed by atoms with Gasteiger partial charge in [-0.05, 0) is 35.7 Å². The molecule has 2 atom stereocenters. The monoisotopic (exact) mass is 267 g/mol. The Balaban J connectivity index is 1.89. The van der Waals surface area contributed by atoms with Crippen molar-refractivity contribution in [1.29, 1.82) is 0 Å². The number of fused-ring (bicyclic) bond motifs is 1. The van der Waals surface area contributed by atoms with E-state index in [4.69, 9.17) is 4.74 Å².